The number of benzene rings is 2. The summed E-state index contributed by atoms with van der Waals surface area (Å²) in [7, 11) is 3.94. The second kappa shape index (κ2) is 9.32. The summed E-state index contributed by atoms with van der Waals surface area (Å²) in [6.45, 7) is 0.531. The second-order valence-corrected chi connectivity index (χ2v) is 8.68. The van der Waals surface area contributed by atoms with Crippen LogP contribution in [0.1, 0.15) is 17.8 Å². The van der Waals surface area contributed by atoms with Crippen molar-refractivity contribution in [2.45, 2.75) is 13.0 Å². The molecule has 10 heteroatoms. The lowest BCUT2D eigenvalue weighted by Gasteiger charge is -2.12. The maximum Gasteiger partial charge on any atom is 0.349 e. The molecule has 0 fully saturated rings. The van der Waals surface area contributed by atoms with Crippen LogP contribution in [-0.2, 0) is 16.1 Å². The summed E-state index contributed by atoms with van der Waals surface area (Å²) < 4.78 is 1.65. The smallest absolute Gasteiger partial charge is 0.349 e. The van der Waals surface area contributed by atoms with Crippen molar-refractivity contribution in [3.63, 3.8) is 0 Å². The molecule has 0 spiro atoms. The Morgan fingerprint density at radius 2 is 1.91 bits per heavy atom. The fourth-order valence-electron chi connectivity index (χ4n) is 3.71. The zero-order valence-corrected chi connectivity index (χ0v) is 19.8. The van der Waals surface area contributed by atoms with Crippen molar-refractivity contribution in [3.8, 4) is 0 Å². The van der Waals surface area contributed by atoms with Crippen LogP contribution >= 0.6 is 23.2 Å². The lowest BCUT2D eigenvalue weighted by Crippen LogP contribution is -2.21. The number of amides is 1. The molecule has 2 heterocycles. The summed E-state index contributed by atoms with van der Waals surface area (Å²) in [5.74, 6) is -1.82. The monoisotopic (exact) mass is 498 g/mol. The van der Waals surface area contributed by atoms with Gasteiger partial charge in [0.2, 0.25) is 0 Å². The van der Waals surface area contributed by atoms with Crippen LogP contribution in [0.2, 0.25) is 0 Å². The fourth-order valence-corrected chi connectivity index (χ4v) is 3.92. The number of carbonyl (C=O) groups is 2. The van der Waals surface area contributed by atoms with Crippen LogP contribution in [-0.4, -0.2) is 40.6 Å². The molecule has 1 amide bonds. The molecule has 0 unspecified atom stereocenters. The molecular weight excluding hydrogens is 479 g/mol. The molecule has 0 atom stereocenters. The minimum atomic E-state index is -1.51. The zero-order chi connectivity index (χ0) is 24.6. The van der Waals surface area contributed by atoms with E-state index in [4.69, 9.17) is 33.3 Å². The first kappa shape index (κ1) is 23.5. The van der Waals surface area contributed by atoms with Crippen molar-refractivity contribution in [3.05, 3.63) is 74.3 Å². The molecule has 2 N–H and O–H groups in total. The minimum Gasteiger partial charge on any atom is -0.477 e. The summed E-state index contributed by atoms with van der Waals surface area (Å²) in [6, 6.07) is 12.7. The molecule has 0 bridgehead atoms. The number of carboxylic acids is 1. The average molecular weight is 499 g/mol. The number of carboxylic acid groups (broad SMARTS) is 1. The molecule has 4 rings (SSSR count). The van der Waals surface area contributed by atoms with Gasteiger partial charge in [0.25, 0.3) is 11.5 Å². The maximum absolute atomic E-state index is 13.1. The van der Waals surface area contributed by atoms with Gasteiger partial charge in [0.15, 0.2) is 0 Å². The van der Waals surface area contributed by atoms with Crippen molar-refractivity contribution in [2.75, 3.05) is 24.3 Å². The maximum atomic E-state index is 13.1. The summed E-state index contributed by atoms with van der Waals surface area (Å²) >= 11 is 11.3. The van der Waals surface area contributed by atoms with E-state index in [0.717, 1.165) is 16.8 Å². The Balaban J connectivity index is 1.72. The first-order valence-electron chi connectivity index (χ1n) is 10.3. The first-order chi connectivity index (χ1) is 16.2. The quantitative estimate of drug-likeness (QED) is 0.512. The van der Waals surface area contributed by atoms with Gasteiger partial charge in [0.05, 0.1) is 10.9 Å². The third-order valence-electron chi connectivity index (χ3n) is 5.41. The standard InChI is InChI=1S/C24H20Cl2N4O4/c1-29(2)16-5-3-4-13(11-16)10-14-8-9-30-21(14)28-18-12-15(6-7-17(18)23(30)32)27-22(31)19(25)20(26)24(33)34/h3-7,10-12H,8-9H2,1-2H3,(H,27,31)(H,33,34)/b14-10?,20-19-. The Morgan fingerprint density at radius 1 is 1.15 bits per heavy atom. The van der Waals surface area contributed by atoms with Crippen LogP contribution in [0, 0.1) is 0 Å². The number of aromatic nitrogens is 2. The van der Waals surface area contributed by atoms with Gasteiger partial charge < -0.3 is 15.3 Å². The molecular formula is C24H20Cl2N4O4. The highest BCUT2D eigenvalue weighted by atomic mass is 35.5. The Labute approximate surface area is 204 Å². The van der Waals surface area contributed by atoms with E-state index in [-0.39, 0.29) is 5.56 Å². The lowest BCUT2D eigenvalue weighted by atomic mass is 10.1. The topological polar surface area (TPSA) is 105 Å². The summed E-state index contributed by atoms with van der Waals surface area (Å²) in [5, 5.41) is 10.3. The molecule has 1 aliphatic heterocycles. The summed E-state index contributed by atoms with van der Waals surface area (Å²) in [4.78, 5) is 42.9. The highest BCUT2D eigenvalue weighted by Gasteiger charge is 2.22. The van der Waals surface area contributed by atoms with Crippen LogP contribution in [0.25, 0.3) is 22.6 Å². The molecule has 8 nitrogen and oxygen atoms in total. The summed E-state index contributed by atoms with van der Waals surface area (Å²) in [5.41, 5.74) is 3.52. The lowest BCUT2D eigenvalue weighted by molar-refractivity contribution is -0.132. The molecule has 0 aliphatic carbocycles. The minimum absolute atomic E-state index is 0.171. The number of hydrogen-bond donors (Lipinski definition) is 2. The first-order valence-corrected chi connectivity index (χ1v) is 11.0. The predicted octanol–water partition coefficient (Wildman–Crippen LogP) is 4.12. The van der Waals surface area contributed by atoms with E-state index in [9.17, 15) is 14.4 Å². The molecule has 1 aromatic heterocycles. The highest BCUT2D eigenvalue weighted by Crippen LogP contribution is 2.29. The zero-order valence-electron chi connectivity index (χ0n) is 18.3. The van der Waals surface area contributed by atoms with Crippen LogP contribution in [0.4, 0.5) is 11.4 Å². The van der Waals surface area contributed by atoms with Crippen molar-refractivity contribution in [2.24, 2.45) is 0 Å². The van der Waals surface area contributed by atoms with Gasteiger partial charge in [-0.1, -0.05) is 35.3 Å². The number of aliphatic carboxylic acids is 1. The molecule has 0 saturated heterocycles. The van der Waals surface area contributed by atoms with E-state index in [1.54, 1.807) is 10.6 Å². The number of nitrogens with one attached hydrogen (secondary N) is 1. The van der Waals surface area contributed by atoms with Gasteiger partial charge >= 0.3 is 5.97 Å². The Hall–Kier alpha value is -3.62. The van der Waals surface area contributed by atoms with E-state index in [1.807, 2.05) is 43.3 Å². The molecule has 174 valence electrons. The van der Waals surface area contributed by atoms with Crippen LogP contribution in [0.15, 0.2) is 57.3 Å². The van der Waals surface area contributed by atoms with E-state index in [0.29, 0.717) is 35.4 Å². The van der Waals surface area contributed by atoms with Crippen molar-refractivity contribution in [1.29, 1.82) is 0 Å². The SMILES string of the molecule is CN(C)c1cccc(C=C2CCn3c2nc2cc(NC(=O)/C(Cl)=C(/Cl)C(=O)O)ccc2c3=O)c1. The third-order valence-corrected chi connectivity index (χ3v) is 6.22. The van der Waals surface area contributed by atoms with Crippen LogP contribution in [0.3, 0.4) is 0 Å². The van der Waals surface area contributed by atoms with Gasteiger partial charge in [0.1, 0.15) is 15.9 Å². The number of fused-ring (bicyclic) bond motifs is 2. The normalized spacial score (nSPS) is 14.6. The third kappa shape index (κ3) is 4.55. The number of rotatable bonds is 5. The molecule has 2 aromatic carbocycles. The van der Waals surface area contributed by atoms with Crippen molar-refractivity contribution < 1.29 is 14.7 Å². The molecule has 0 saturated carbocycles. The molecule has 3 aromatic rings. The highest BCUT2D eigenvalue weighted by molar-refractivity contribution is 6.54. The number of allylic oxidation sites excluding steroid dienone is 1. The molecule has 34 heavy (non-hydrogen) atoms. The van der Waals surface area contributed by atoms with Gasteiger partial charge in [0, 0.05) is 32.0 Å². The number of halogens is 2. The number of anilines is 2. The second-order valence-electron chi connectivity index (χ2n) is 7.92. The Kier molecular flexibility index (Phi) is 6.45. The van der Waals surface area contributed by atoms with E-state index < -0.39 is 21.9 Å². The molecule has 0 radical (unpaired) electrons. The number of hydrogen-bond acceptors (Lipinski definition) is 5. The van der Waals surface area contributed by atoms with E-state index >= 15 is 0 Å². The molecule has 1 aliphatic rings. The Bertz CT molecular complexity index is 1460. The van der Waals surface area contributed by atoms with Crippen LogP contribution in [0.5, 0.6) is 0 Å². The van der Waals surface area contributed by atoms with Crippen molar-refractivity contribution >= 4 is 69.0 Å². The van der Waals surface area contributed by atoms with Gasteiger partial charge in [-0.3, -0.25) is 14.2 Å². The predicted molar refractivity (Wildman–Crippen MR) is 134 cm³/mol. The number of nitrogens with zero attached hydrogens (tertiary/aromatic N) is 3. The largest absolute Gasteiger partial charge is 0.477 e. The summed E-state index contributed by atoms with van der Waals surface area (Å²) in [6.07, 6.45) is 2.69. The van der Waals surface area contributed by atoms with E-state index in [1.165, 1.54) is 12.1 Å². The fraction of sp³-hybridized carbons (Fsp3) is 0.167. The van der Waals surface area contributed by atoms with Gasteiger partial charge in [-0.15, -0.1) is 0 Å². The van der Waals surface area contributed by atoms with Gasteiger partial charge in [-0.25, -0.2) is 9.78 Å². The number of carbonyl (C=O) groups excluding carboxylic acids is 1. The Morgan fingerprint density at radius 3 is 2.62 bits per heavy atom. The van der Waals surface area contributed by atoms with Crippen LogP contribution < -0.4 is 15.8 Å². The van der Waals surface area contributed by atoms with Crippen molar-refractivity contribution in [1.82, 2.24) is 9.55 Å². The van der Waals surface area contributed by atoms with Gasteiger partial charge in [-0.05, 0) is 54.0 Å². The van der Waals surface area contributed by atoms with Gasteiger partial charge in [-0.2, -0.15) is 0 Å². The average Bonchev–Trinajstić information content (AvgIpc) is 3.20. The van der Waals surface area contributed by atoms with E-state index in [2.05, 4.69) is 11.4 Å².